The van der Waals surface area contributed by atoms with Crippen molar-refractivity contribution in [3.8, 4) is 5.75 Å². The van der Waals surface area contributed by atoms with Gasteiger partial charge in [-0.1, -0.05) is 26.8 Å². The lowest BCUT2D eigenvalue weighted by molar-refractivity contribution is -0.118. The number of carbonyl (C=O) groups excluding carboxylic acids is 2. The van der Waals surface area contributed by atoms with Crippen LogP contribution in [0.15, 0.2) is 30.3 Å². The molecular formula is C27H30IN3O4. The summed E-state index contributed by atoms with van der Waals surface area (Å²) in [5.74, 6) is 0.804. The molecule has 2 aromatic carbocycles. The second-order valence-electron chi connectivity index (χ2n) is 11.5. The van der Waals surface area contributed by atoms with Gasteiger partial charge in [0.05, 0.1) is 18.0 Å². The van der Waals surface area contributed by atoms with E-state index in [1.807, 2.05) is 51.1 Å². The molecular weight excluding hydrogens is 557 g/mol. The van der Waals surface area contributed by atoms with Gasteiger partial charge in [0.2, 0.25) is 5.91 Å². The van der Waals surface area contributed by atoms with Crippen LogP contribution in [0.4, 0.5) is 10.5 Å². The standard InChI is InChI=1S/C27H30IN3O4/c1-25(2,3)21-19(34-7)11-10-17-20(21)27(23(32)29-17)13-16(27)14-8-9-15-18(12-14)31(30-22(15)28)24(33)35-26(4,5)6/h8-12,16H,13H2,1-7H3,(H,29,32)/t16-,27+/m0/s1. The average Bonchev–Trinajstić information content (AvgIpc) is 3.33. The molecule has 5 rings (SSSR count). The Morgan fingerprint density at radius 3 is 2.51 bits per heavy atom. The number of nitrogens with one attached hydrogen (secondary N) is 1. The number of rotatable bonds is 2. The Bertz CT molecular complexity index is 1400. The molecule has 3 aromatic rings. The van der Waals surface area contributed by atoms with Crippen molar-refractivity contribution in [1.29, 1.82) is 0 Å². The van der Waals surface area contributed by atoms with E-state index in [4.69, 9.17) is 9.47 Å². The Balaban J connectivity index is 1.62. The maximum absolute atomic E-state index is 13.4. The van der Waals surface area contributed by atoms with Crippen LogP contribution in [0.1, 0.15) is 70.6 Å². The van der Waals surface area contributed by atoms with E-state index < -0.39 is 17.1 Å². The molecule has 2 atom stereocenters. The SMILES string of the molecule is COc1ccc2c(c1C(C)(C)C)[C@]1(C[C@H]1c1ccc3c(I)nn(C(=O)OC(C)(C)C)c3c1)C(=O)N2. The molecule has 184 valence electrons. The summed E-state index contributed by atoms with van der Waals surface area (Å²) >= 11 is 2.13. The number of carbonyl (C=O) groups is 2. The Labute approximate surface area is 218 Å². The Morgan fingerprint density at radius 1 is 1.17 bits per heavy atom. The second kappa shape index (κ2) is 7.69. The predicted octanol–water partition coefficient (Wildman–Crippen LogP) is 6.11. The van der Waals surface area contributed by atoms with Crippen LogP contribution in [0.2, 0.25) is 0 Å². The van der Waals surface area contributed by atoms with Crippen LogP contribution in [0.5, 0.6) is 5.75 Å². The van der Waals surface area contributed by atoms with E-state index in [0.29, 0.717) is 11.9 Å². The summed E-state index contributed by atoms with van der Waals surface area (Å²) in [5, 5.41) is 8.44. The van der Waals surface area contributed by atoms with Gasteiger partial charge in [-0.05, 0) is 90.6 Å². The van der Waals surface area contributed by atoms with Crippen molar-refractivity contribution in [2.75, 3.05) is 12.4 Å². The van der Waals surface area contributed by atoms with Crippen LogP contribution in [0.3, 0.4) is 0 Å². The van der Waals surface area contributed by atoms with E-state index in [2.05, 4.69) is 53.8 Å². The highest BCUT2D eigenvalue weighted by Crippen LogP contribution is 2.67. The maximum atomic E-state index is 13.4. The van der Waals surface area contributed by atoms with E-state index in [9.17, 15) is 9.59 Å². The number of halogens is 1. The maximum Gasteiger partial charge on any atom is 0.435 e. The molecule has 1 spiro atoms. The highest BCUT2D eigenvalue weighted by molar-refractivity contribution is 14.1. The minimum atomic E-state index is -0.649. The molecule has 0 unspecified atom stereocenters. The fourth-order valence-corrected chi connectivity index (χ4v) is 6.03. The van der Waals surface area contributed by atoms with Crippen LogP contribution < -0.4 is 10.1 Å². The number of hydrogen-bond donors (Lipinski definition) is 1. The van der Waals surface area contributed by atoms with E-state index in [1.54, 1.807) is 7.11 Å². The third-order valence-electron chi connectivity index (χ3n) is 6.83. The number of methoxy groups -OCH3 is 1. The molecule has 1 saturated carbocycles. The van der Waals surface area contributed by atoms with Gasteiger partial charge in [0.25, 0.3) is 0 Å². The minimum absolute atomic E-state index is 0.0130. The zero-order chi connectivity index (χ0) is 25.5. The topological polar surface area (TPSA) is 82.5 Å². The van der Waals surface area contributed by atoms with Crippen molar-refractivity contribution in [2.45, 2.75) is 70.3 Å². The zero-order valence-corrected chi connectivity index (χ0v) is 23.2. The summed E-state index contributed by atoms with van der Waals surface area (Å²) in [6.07, 6.45) is 0.183. The normalized spacial score (nSPS) is 21.3. The molecule has 0 radical (unpaired) electrons. The lowest BCUT2D eigenvalue weighted by Crippen LogP contribution is -2.27. The van der Waals surface area contributed by atoms with Crippen molar-refractivity contribution in [2.24, 2.45) is 0 Å². The first kappa shape index (κ1) is 24.1. The van der Waals surface area contributed by atoms with Gasteiger partial charge in [0.15, 0.2) is 0 Å². The molecule has 0 saturated heterocycles. The molecule has 35 heavy (non-hydrogen) atoms. The molecule has 2 heterocycles. The minimum Gasteiger partial charge on any atom is -0.496 e. The van der Waals surface area contributed by atoms with Gasteiger partial charge in [0.1, 0.15) is 15.1 Å². The van der Waals surface area contributed by atoms with Crippen molar-refractivity contribution in [3.05, 3.63) is 50.7 Å². The number of nitrogens with zero attached hydrogens (tertiary/aromatic N) is 2. The monoisotopic (exact) mass is 587 g/mol. The van der Waals surface area contributed by atoms with E-state index in [1.165, 1.54) is 4.68 Å². The Morgan fingerprint density at radius 2 is 1.89 bits per heavy atom. The summed E-state index contributed by atoms with van der Waals surface area (Å²) in [4.78, 5) is 26.3. The van der Waals surface area contributed by atoms with Gasteiger partial charge in [0, 0.05) is 22.6 Å². The molecule has 1 fully saturated rings. The summed E-state index contributed by atoms with van der Waals surface area (Å²) in [7, 11) is 1.67. The van der Waals surface area contributed by atoms with Crippen molar-refractivity contribution < 1.29 is 19.1 Å². The number of benzene rings is 2. The molecule has 1 aliphatic heterocycles. The average molecular weight is 587 g/mol. The number of ether oxygens (including phenoxy) is 2. The molecule has 0 bridgehead atoms. The smallest absolute Gasteiger partial charge is 0.435 e. The van der Waals surface area contributed by atoms with Gasteiger partial charge >= 0.3 is 6.09 Å². The lowest BCUT2D eigenvalue weighted by Gasteiger charge is -2.27. The number of fused-ring (bicyclic) bond motifs is 3. The summed E-state index contributed by atoms with van der Waals surface area (Å²) in [6, 6.07) is 9.89. The summed E-state index contributed by atoms with van der Waals surface area (Å²) in [6.45, 7) is 11.9. The second-order valence-corrected chi connectivity index (χ2v) is 12.5. The van der Waals surface area contributed by atoms with Crippen molar-refractivity contribution in [3.63, 3.8) is 0 Å². The highest BCUT2D eigenvalue weighted by Gasteiger charge is 2.66. The number of anilines is 1. The first-order valence-corrected chi connectivity index (χ1v) is 12.8. The summed E-state index contributed by atoms with van der Waals surface area (Å²) < 4.78 is 13.4. The molecule has 1 aromatic heterocycles. The third kappa shape index (κ3) is 3.72. The summed E-state index contributed by atoms with van der Waals surface area (Å²) in [5.41, 5.74) is 3.16. The van der Waals surface area contributed by atoms with E-state index >= 15 is 0 Å². The van der Waals surface area contributed by atoms with Gasteiger partial charge in [-0.2, -0.15) is 9.78 Å². The highest BCUT2D eigenvalue weighted by atomic mass is 127. The van der Waals surface area contributed by atoms with Crippen LogP contribution >= 0.6 is 22.6 Å². The fraction of sp³-hybridized carbons (Fsp3) is 0.444. The first-order valence-electron chi connectivity index (χ1n) is 11.7. The molecule has 1 amide bonds. The third-order valence-corrected chi connectivity index (χ3v) is 7.62. The fourth-order valence-electron chi connectivity index (χ4n) is 5.36. The lowest BCUT2D eigenvalue weighted by atomic mass is 9.77. The van der Waals surface area contributed by atoms with Gasteiger partial charge < -0.3 is 14.8 Å². The van der Waals surface area contributed by atoms with Crippen LogP contribution in [-0.2, 0) is 20.4 Å². The Hall–Kier alpha value is -2.62. The zero-order valence-electron chi connectivity index (χ0n) is 21.1. The van der Waals surface area contributed by atoms with Crippen LogP contribution in [0.25, 0.3) is 10.9 Å². The van der Waals surface area contributed by atoms with Crippen molar-refractivity contribution in [1.82, 2.24) is 9.78 Å². The largest absolute Gasteiger partial charge is 0.496 e. The van der Waals surface area contributed by atoms with Gasteiger partial charge in [-0.25, -0.2) is 4.79 Å². The molecule has 7 nitrogen and oxygen atoms in total. The molecule has 8 heteroatoms. The molecule has 2 aliphatic rings. The molecule has 1 N–H and O–H groups in total. The van der Waals surface area contributed by atoms with Gasteiger partial charge in [-0.3, -0.25) is 4.79 Å². The first-order chi connectivity index (χ1) is 16.3. The van der Waals surface area contributed by atoms with E-state index in [0.717, 1.165) is 37.2 Å². The predicted molar refractivity (Wildman–Crippen MR) is 143 cm³/mol. The number of hydrogen-bond acceptors (Lipinski definition) is 5. The molecule has 1 aliphatic carbocycles. The van der Waals surface area contributed by atoms with E-state index in [-0.39, 0.29) is 17.2 Å². The number of amides is 1. The quantitative estimate of drug-likeness (QED) is 0.366. The number of aromatic nitrogens is 2. The van der Waals surface area contributed by atoms with Crippen LogP contribution in [-0.4, -0.2) is 34.5 Å². The van der Waals surface area contributed by atoms with Gasteiger partial charge in [-0.15, -0.1) is 0 Å². The van der Waals surface area contributed by atoms with Crippen molar-refractivity contribution >= 4 is 51.2 Å². The Kier molecular flexibility index (Phi) is 5.29. The van der Waals surface area contributed by atoms with Crippen LogP contribution in [0, 0.1) is 3.70 Å².